The van der Waals surface area contributed by atoms with E-state index in [-0.39, 0.29) is 11.3 Å². The van der Waals surface area contributed by atoms with Crippen LogP contribution in [0, 0.1) is 6.92 Å². The lowest BCUT2D eigenvalue weighted by Gasteiger charge is -2.15. The van der Waals surface area contributed by atoms with Gasteiger partial charge < -0.3 is 13.3 Å². The second-order valence-electron chi connectivity index (χ2n) is 15.1. The molecule has 0 saturated heterocycles. The van der Waals surface area contributed by atoms with E-state index in [1.54, 1.807) is 12.4 Å². The number of alkyl halides is 3. The van der Waals surface area contributed by atoms with E-state index in [1.165, 1.54) is 41.4 Å². The molecule has 0 spiro atoms. The van der Waals surface area contributed by atoms with Crippen molar-refractivity contribution in [1.29, 1.82) is 0 Å². The fraction of sp³-hybridized carbons (Fsp3) is 0.163. The summed E-state index contributed by atoms with van der Waals surface area (Å²) in [4.78, 5) is 13.3. The summed E-state index contributed by atoms with van der Waals surface area (Å²) in [6.07, 6.45) is 12.2. The van der Waals surface area contributed by atoms with Crippen molar-refractivity contribution in [3.05, 3.63) is 180 Å². The van der Waals surface area contributed by atoms with Gasteiger partial charge in [-0.2, -0.15) is 21.6 Å². The Labute approximate surface area is 353 Å². The molecule has 0 amide bonds. The number of hydrogen-bond donors (Lipinski definition) is 0. The van der Waals surface area contributed by atoms with Gasteiger partial charge in [0, 0.05) is 73.4 Å². The predicted octanol–water partition coefficient (Wildman–Crippen LogP) is 11.0. The molecular formula is C49H42F3N5O3S. The molecule has 0 fully saturated rings. The predicted molar refractivity (Wildman–Crippen MR) is 233 cm³/mol. The Morgan fingerprint density at radius 2 is 1.02 bits per heavy atom. The number of pyridine rings is 1. The molecule has 0 saturated carbocycles. The molecule has 12 heteroatoms. The lowest BCUT2D eigenvalue weighted by atomic mass is 9.90. The van der Waals surface area contributed by atoms with Crippen molar-refractivity contribution in [1.82, 2.24) is 24.1 Å². The summed E-state index contributed by atoms with van der Waals surface area (Å²) in [6, 6.07) is 40.9. The highest BCUT2D eigenvalue weighted by atomic mass is 32.2. The quantitative estimate of drug-likeness (QED) is 0.0848. The molecule has 0 aliphatic carbocycles. The number of halogens is 3. The van der Waals surface area contributed by atoms with Gasteiger partial charge in [-0.1, -0.05) is 115 Å². The van der Waals surface area contributed by atoms with Crippen molar-refractivity contribution in [2.45, 2.75) is 38.1 Å². The maximum absolute atomic E-state index is 13.1. The summed E-state index contributed by atoms with van der Waals surface area (Å²) in [7, 11) is -1.86. The van der Waals surface area contributed by atoms with E-state index in [4.69, 9.17) is 0 Å². The molecule has 0 unspecified atom stereocenters. The Morgan fingerprint density at radius 3 is 1.49 bits per heavy atom. The van der Waals surface area contributed by atoms with Gasteiger partial charge in [0.1, 0.15) is 17.4 Å². The molecule has 0 N–H and O–H groups in total. The van der Waals surface area contributed by atoms with Crippen LogP contribution >= 0.6 is 0 Å². The summed E-state index contributed by atoms with van der Waals surface area (Å²) in [5.41, 5.74) is 6.61. The first-order valence-corrected chi connectivity index (χ1v) is 21.2. The number of imidazole rings is 2. The minimum Gasteiger partial charge on any atom is -0.376 e. The smallest absolute Gasteiger partial charge is 0.376 e. The molecule has 8 aromatic rings. The first kappa shape index (κ1) is 41.0. The molecule has 61 heavy (non-hydrogen) atoms. The zero-order chi connectivity index (χ0) is 42.7. The lowest BCUT2D eigenvalue weighted by Crippen LogP contribution is -2.28. The monoisotopic (exact) mass is 837 g/mol. The molecule has 3 aromatic heterocycles. The number of aromatic nitrogens is 5. The maximum atomic E-state index is 13.1. The fourth-order valence-corrected chi connectivity index (χ4v) is 7.95. The van der Waals surface area contributed by atoms with E-state index in [2.05, 4.69) is 98.0 Å². The van der Waals surface area contributed by atoms with Gasteiger partial charge in [-0.15, -0.1) is 0 Å². The normalized spacial score (nSPS) is 11.8. The molecule has 8 nitrogen and oxygen atoms in total. The molecule has 3 heterocycles. The highest BCUT2D eigenvalue weighted by Gasteiger charge is 2.48. The highest BCUT2D eigenvalue weighted by molar-refractivity contribution is 7.88. The van der Waals surface area contributed by atoms with E-state index in [0.29, 0.717) is 5.56 Å². The van der Waals surface area contributed by atoms with Crippen LogP contribution in [0.5, 0.6) is 5.75 Å². The molecule has 5 aromatic carbocycles. The number of hydrogen-bond acceptors (Lipinski definition) is 6. The van der Waals surface area contributed by atoms with Gasteiger partial charge in [0.05, 0.1) is 5.69 Å². The van der Waals surface area contributed by atoms with Crippen molar-refractivity contribution in [3.63, 3.8) is 0 Å². The van der Waals surface area contributed by atoms with Crippen LogP contribution in [0.4, 0.5) is 13.2 Å². The lowest BCUT2D eigenvalue weighted by molar-refractivity contribution is -0.0500. The van der Waals surface area contributed by atoms with Crippen molar-refractivity contribution in [3.8, 4) is 62.0 Å². The van der Waals surface area contributed by atoms with E-state index < -0.39 is 21.4 Å². The van der Waals surface area contributed by atoms with Crippen molar-refractivity contribution in [2.75, 3.05) is 0 Å². The van der Waals surface area contributed by atoms with Gasteiger partial charge in [-0.25, -0.2) is 9.97 Å². The molecular weight excluding hydrogens is 796 g/mol. The van der Waals surface area contributed by atoms with E-state index in [1.807, 2.05) is 72.0 Å². The van der Waals surface area contributed by atoms with Crippen LogP contribution in [0.1, 0.15) is 27.8 Å². The molecule has 308 valence electrons. The molecule has 8 rings (SSSR count). The third-order valence-electron chi connectivity index (χ3n) is 10.8. The summed E-state index contributed by atoms with van der Waals surface area (Å²) < 4.78 is 71.3. The Kier molecular flexibility index (Phi) is 11.5. The van der Waals surface area contributed by atoms with Gasteiger partial charge in [-0.05, 0) is 77.1 Å². The fourth-order valence-electron chi connectivity index (χ4n) is 7.44. The Bertz CT molecular complexity index is 2820. The second kappa shape index (κ2) is 17.1. The van der Waals surface area contributed by atoms with Crippen LogP contribution < -0.4 is 4.18 Å². The third-order valence-corrected chi connectivity index (χ3v) is 11.8. The van der Waals surface area contributed by atoms with Crippen LogP contribution in [-0.2, 0) is 49.9 Å². The SMILES string of the molecule is Cc1cnc(-c2ccc(-c3ccccc3-c3cc(CCc4ccc(-c5nccn5C)cc4)cc(CCc4ccc(-c5nccn5C)cc4)c3)cc2)cc1OS(=O)(=O)C(F)(F)F. The van der Waals surface area contributed by atoms with Crippen LogP contribution in [-0.4, -0.2) is 38.0 Å². The Balaban J connectivity index is 1.07. The number of benzene rings is 5. The zero-order valence-electron chi connectivity index (χ0n) is 33.8. The summed E-state index contributed by atoms with van der Waals surface area (Å²) in [5.74, 6) is 1.42. The first-order chi connectivity index (χ1) is 29.3. The summed E-state index contributed by atoms with van der Waals surface area (Å²) in [6.45, 7) is 1.43. The van der Waals surface area contributed by atoms with E-state index >= 15 is 0 Å². The molecule has 0 radical (unpaired) electrons. The van der Waals surface area contributed by atoms with Crippen molar-refractivity contribution < 1.29 is 25.8 Å². The standard InChI is InChI=1S/C49H42F3N5O3S/c1-33-32-55-45(31-46(33)60-61(58,59)49(50,51)52)39-22-20-38(21-23-39)43-6-4-5-7-44(43)42-29-36(10-8-34-12-16-40(17-13-34)47-53-24-26-56(47)2)28-37(30-42)11-9-35-14-18-41(19-15-35)48-54-25-27-57(48)3/h4-7,12-32H,8-11H2,1-3H3. The van der Waals surface area contributed by atoms with Gasteiger partial charge in [0.15, 0.2) is 0 Å². The molecule has 0 bridgehead atoms. The summed E-state index contributed by atoms with van der Waals surface area (Å²) in [5, 5.41) is 0. The zero-order valence-corrected chi connectivity index (χ0v) is 34.6. The largest absolute Gasteiger partial charge is 0.534 e. The maximum Gasteiger partial charge on any atom is 0.534 e. The van der Waals surface area contributed by atoms with Gasteiger partial charge in [-0.3, -0.25) is 4.98 Å². The Hall–Kier alpha value is -6.79. The van der Waals surface area contributed by atoms with Crippen LogP contribution in [0.25, 0.3) is 56.3 Å². The molecule has 0 atom stereocenters. The molecule has 0 aliphatic heterocycles. The topological polar surface area (TPSA) is 91.9 Å². The van der Waals surface area contributed by atoms with E-state index in [0.717, 1.165) is 70.7 Å². The van der Waals surface area contributed by atoms with Crippen LogP contribution in [0.2, 0.25) is 0 Å². The van der Waals surface area contributed by atoms with Gasteiger partial charge in [0.25, 0.3) is 0 Å². The third kappa shape index (κ3) is 9.19. The average molecular weight is 838 g/mol. The average Bonchev–Trinajstić information content (AvgIpc) is 3.90. The number of aryl methyl sites for hydroxylation is 7. The van der Waals surface area contributed by atoms with Gasteiger partial charge >= 0.3 is 15.6 Å². The van der Waals surface area contributed by atoms with E-state index in [9.17, 15) is 21.6 Å². The number of nitrogens with zero attached hydrogens (tertiary/aromatic N) is 5. The first-order valence-electron chi connectivity index (χ1n) is 19.7. The minimum atomic E-state index is -5.84. The number of rotatable bonds is 13. The van der Waals surface area contributed by atoms with Crippen LogP contribution in [0.15, 0.2) is 152 Å². The van der Waals surface area contributed by atoms with Gasteiger partial charge in [0.2, 0.25) is 0 Å². The van der Waals surface area contributed by atoms with Crippen molar-refractivity contribution >= 4 is 10.1 Å². The Morgan fingerprint density at radius 1 is 0.557 bits per heavy atom. The highest BCUT2D eigenvalue weighted by Crippen LogP contribution is 2.36. The summed E-state index contributed by atoms with van der Waals surface area (Å²) >= 11 is 0. The van der Waals surface area contributed by atoms with Crippen LogP contribution in [0.3, 0.4) is 0 Å². The second-order valence-corrected chi connectivity index (χ2v) is 16.6. The minimum absolute atomic E-state index is 0.153. The molecule has 0 aliphatic rings. The van der Waals surface area contributed by atoms with Crippen molar-refractivity contribution in [2.24, 2.45) is 14.1 Å².